The summed E-state index contributed by atoms with van der Waals surface area (Å²) in [6, 6.07) is 0.110. The number of nitrogens with one attached hydrogen (secondary N) is 1. The minimum Gasteiger partial charge on any atom is -0.341 e. The molecular weight excluding hydrogens is 188 g/mol. The molecular formula is C12H22N2O. The molecule has 0 saturated carbocycles. The molecule has 86 valence electrons. The van der Waals surface area contributed by atoms with Crippen LogP contribution in [0, 0.1) is 5.41 Å². The molecule has 2 aliphatic rings. The van der Waals surface area contributed by atoms with Gasteiger partial charge in [0.2, 0.25) is 5.91 Å². The zero-order valence-corrected chi connectivity index (χ0v) is 9.88. The lowest BCUT2D eigenvalue weighted by atomic mass is 9.84. The van der Waals surface area contributed by atoms with Crippen LogP contribution in [0.25, 0.3) is 0 Å². The van der Waals surface area contributed by atoms with Crippen molar-refractivity contribution in [2.24, 2.45) is 5.41 Å². The van der Waals surface area contributed by atoms with Gasteiger partial charge in [0.25, 0.3) is 0 Å². The van der Waals surface area contributed by atoms with E-state index < -0.39 is 0 Å². The van der Waals surface area contributed by atoms with Gasteiger partial charge in [-0.05, 0) is 37.6 Å². The van der Waals surface area contributed by atoms with Crippen molar-refractivity contribution < 1.29 is 4.79 Å². The molecule has 2 aliphatic heterocycles. The van der Waals surface area contributed by atoms with Gasteiger partial charge >= 0.3 is 0 Å². The third-order valence-electron chi connectivity index (χ3n) is 3.57. The molecule has 0 aliphatic carbocycles. The molecule has 0 spiro atoms. The summed E-state index contributed by atoms with van der Waals surface area (Å²) in [6.07, 6.45) is 4.57. The number of hydrogen-bond acceptors (Lipinski definition) is 2. The van der Waals surface area contributed by atoms with Crippen LogP contribution in [0.2, 0.25) is 0 Å². The quantitative estimate of drug-likeness (QED) is 0.709. The van der Waals surface area contributed by atoms with Gasteiger partial charge in [-0.25, -0.2) is 0 Å². The van der Waals surface area contributed by atoms with E-state index in [1.54, 1.807) is 0 Å². The third-order valence-corrected chi connectivity index (χ3v) is 3.57. The van der Waals surface area contributed by atoms with Crippen LogP contribution in [0.4, 0.5) is 0 Å². The van der Waals surface area contributed by atoms with E-state index in [0.717, 1.165) is 38.9 Å². The molecule has 2 fully saturated rings. The minimum absolute atomic E-state index is 0.110. The van der Waals surface area contributed by atoms with Gasteiger partial charge < -0.3 is 10.2 Å². The molecule has 0 aromatic rings. The zero-order chi connectivity index (χ0) is 10.9. The summed E-state index contributed by atoms with van der Waals surface area (Å²) >= 11 is 0. The smallest absolute Gasteiger partial charge is 0.239 e. The topological polar surface area (TPSA) is 32.3 Å². The first-order valence-corrected chi connectivity index (χ1v) is 6.11. The highest BCUT2D eigenvalue weighted by Gasteiger charge is 2.33. The lowest BCUT2D eigenvalue weighted by Crippen LogP contribution is -2.49. The Morgan fingerprint density at radius 1 is 1.40 bits per heavy atom. The molecule has 0 aromatic heterocycles. The van der Waals surface area contributed by atoms with Gasteiger partial charge in [0.15, 0.2) is 0 Å². The van der Waals surface area contributed by atoms with E-state index in [9.17, 15) is 4.79 Å². The van der Waals surface area contributed by atoms with E-state index in [1.807, 2.05) is 0 Å². The average Bonchev–Trinajstić information content (AvgIpc) is 2.67. The van der Waals surface area contributed by atoms with Crippen molar-refractivity contribution in [1.82, 2.24) is 10.2 Å². The zero-order valence-electron chi connectivity index (χ0n) is 9.88. The van der Waals surface area contributed by atoms with Gasteiger partial charge in [-0.3, -0.25) is 4.79 Å². The summed E-state index contributed by atoms with van der Waals surface area (Å²) in [6.45, 7) is 7.42. The van der Waals surface area contributed by atoms with E-state index in [2.05, 4.69) is 24.1 Å². The third kappa shape index (κ3) is 2.51. The first kappa shape index (κ1) is 10.9. The second-order valence-electron chi connectivity index (χ2n) is 5.68. The predicted molar refractivity (Wildman–Crippen MR) is 60.6 cm³/mol. The van der Waals surface area contributed by atoms with Crippen LogP contribution in [-0.4, -0.2) is 36.5 Å². The van der Waals surface area contributed by atoms with Crippen LogP contribution in [-0.2, 0) is 4.79 Å². The first-order chi connectivity index (χ1) is 7.08. The van der Waals surface area contributed by atoms with E-state index in [4.69, 9.17) is 0 Å². The van der Waals surface area contributed by atoms with Gasteiger partial charge in [0.05, 0.1) is 6.04 Å². The summed E-state index contributed by atoms with van der Waals surface area (Å²) in [5, 5.41) is 3.29. The van der Waals surface area contributed by atoms with E-state index in [1.165, 1.54) is 6.42 Å². The van der Waals surface area contributed by atoms with Crippen LogP contribution < -0.4 is 5.32 Å². The molecule has 1 amide bonds. The highest BCUT2D eigenvalue weighted by atomic mass is 16.2. The number of carbonyl (C=O) groups excluding carboxylic acids is 1. The number of rotatable bonds is 1. The molecule has 1 atom stereocenters. The Kier molecular flexibility index (Phi) is 3.01. The molecule has 3 nitrogen and oxygen atoms in total. The fourth-order valence-corrected chi connectivity index (χ4v) is 2.73. The fourth-order valence-electron chi connectivity index (χ4n) is 2.73. The second-order valence-corrected chi connectivity index (χ2v) is 5.68. The molecule has 0 unspecified atom stereocenters. The highest BCUT2D eigenvalue weighted by Crippen LogP contribution is 2.29. The number of hydrogen-bond donors (Lipinski definition) is 1. The maximum absolute atomic E-state index is 12.2. The molecule has 2 heterocycles. The van der Waals surface area contributed by atoms with Gasteiger partial charge in [0, 0.05) is 13.1 Å². The first-order valence-electron chi connectivity index (χ1n) is 6.11. The van der Waals surface area contributed by atoms with Crippen molar-refractivity contribution >= 4 is 5.91 Å². The predicted octanol–water partition coefficient (Wildman–Crippen LogP) is 1.39. The molecule has 2 saturated heterocycles. The van der Waals surface area contributed by atoms with Crippen molar-refractivity contribution in [2.45, 2.75) is 45.6 Å². The summed E-state index contributed by atoms with van der Waals surface area (Å²) < 4.78 is 0. The van der Waals surface area contributed by atoms with E-state index in [0.29, 0.717) is 11.3 Å². The standard InChI is InChI=1S/C12H22N2O/c1-12(2)6-4-8-14(9-12)11(15)10-5-3-7-13-10/h10,13H,3-9H2,1-2H3/t10-/m0/s1. The lowest BCUT2D eigenvalue weighted by molar-refractivity contribution is -0.136. The van der Waals surface area contributed by atoms with Crippen LogP contribution in [0.1, 0.15) is 39.5 Å². The van der Waals surface area contributed by atoms with Crippen molar-refractivity contribution in [3.05, 3.63) is 0 Å². The summed E-state index contributed by atoms with van der Waals surface area (Å²) in [5.41, 5.74) is 0.312. The van der Waals surface area contributed by atoms with Crippen molar-refractivity contribution in [1.29, 1.82) is 0 Å². The largest absolute Gasteiger partial charge is 0.341 e. The maximum Gasteiger partial charge on any atom is 0.239 e. The van der Waals surface area contributed by atoms with Gasteiger partial charge in [-0.15, -0.1) is 0 Å². The maximum atomic E-state index is 12.2. The normalized spacial score (nSPS) is 30.5. The molecule has 0 radical (unpaired) electrons. The summed E-state index contributed by atoms with van der Waals surface area (Å²) in [5.74, 6) is 0.334. The molecule has 0 aromatic carbocycles. The van der Waals surface area contributed by atoms with Crippen molar-refractivity contribution in [2.75, 3.05) is 19.6 Å². The van der Waals surface area contributed by atoms with Gasteiger partial charge in [-0.2, -0.15) is 0 Å². The Balaban J connectivity index is 1.94. The number of carbonyl (C=O) groups is 1. The van der Waals surface area contributed by atoms with E-state index in [-0.39, 0.29) is 6.04 Å². The monoisotopic (exact) mass is 210 g/mol. The van der Waals surface area contributed by atoms with E-state index >= 15 is 0 Å². The highest BCUT2D eigenvalue weighted by molar-refractivity contribution is 5.82. The van der Waals surface area contributed by atoms with Crippen molar-refractivity contribution in [3.63, 3.8) is 0 Å². The molecule has 15 heavy (non-hydrogen) atoms. The molecule has 0 bridgehead atoms. The molecule has 1 N–H and O–H groups in total. The summed E-state index contributed by atoms with van der Waals surface area (Å²) in [4.78, 5) is 14.2. The fraction of sp³-hybridized carbons (Fsp3) is 0.917. The number of piperidine rings is 1. The number of likely N-dealkylation sites (tertiary alicyclic amines) is 1. The Labute approximate surface area is 92.2 Å². The SMILES string of the molecule is CC1(C)CCCN(C(=O)[C@@H]2CCCN2)C1. The number of nitrogens with zero attached hydrogens (tertiary/aromatic N) is 1. The number of amides is 1. The lowest BCUT2D eigenvalue weighted by Gasteiger charge is -2.39. The van der Waals surface area contributed by atoms with Crippen molar-refractivity contribution in [3.8, 4) is 0 Å². The minimum atomic E-state index is 0.110. The Morgan fingerprint density at radius 2 is 2.20 bits per heavy atom. The average molecular weight is 210 g/mol. The van der Waals surface area contributed by atoms with Crippen LogP contribution >= 0.6 is 0 Å². The van der Waals surface area contributed by atoms with Gasteiger partial charge in [0.1, 0.15) is 0 Å². The Hall–Kier alpha value is -0.570. The Bertz CT molecular complexity index is 244. The van der Waals surface area contributed by atoms with Crippen LogP contribution in [0.3, 0.4) is 0 Å². The molecule has 3 heteroatoms. The van der Waals surface area contributed by atoms with Crippen LogP contribution in [0.5, 0.6) is 0 Å². The van der Waals surface area contributed by atoms with Gasteiger partial charge in [-0.1, -0.05) is 13.8 Å². The Morgan fingerprint density at radius 3 is 2.80 bits per heavy atom. The summed E-state index contributed by atoms with van der Waals surface area (Å²) in [7, 11) is 0. The second kappa shape index (κ2) is 4.12. The molecule has 2 rings (SSSR count). The van der Waals surface area contributed by atoms with Crippen LogP contribution in [0.15, 0.2) is 0 Å².